The molecular weight excluding hydrogens is 180 g/mol. The lowest BCUT2D eigenvalue weighted by molar-refractivity contribution is 0.254. The molecule has 6 heteroatoms. The van der Waals surface area contributed by atoms with Gasteiger partial charge in [0.05, 0.1) is 5.69 Å². The molecule has 0 bridgehead atoms. The minimum Gasteiger partial charge on any atom is -0.350 e. The van der Waals surface area contributed by atoms with Crippen LogP contribution in [0.25, 0.3) is 0 Å². The van der Waals surface area contributed by atoms with E-state index in [0.717, 1.165) is 18.2 Å². The van der Waals surface area contributed by atoms with E-state index in [-0.39, 0.29) is 5.69 Å². The maximum atomic E-state index is 12.6. The maximum absolute atomic E-state index is 12.6. The van der Waals surface area contributed by atoms with Gasteiger partial charge in [0.1, 0.15) is 0 Å². The summed E-state index contributed by atoms with van der Waals surface area (Å²) in [5.74, 6) is 3.03. The van der Waals surface area contributed by atoms with Gasteiger partial charge in [0.15, 0.2) is 11.6 Å². The molecule has 4 N–H and O–H groups in total. The average molecular weight is 187 g/mol. The Balaban J connectivity index is 3.03. The van der Waals surface area contributed by atoms with Crippen LogP contribution < -0.4 is 16.6 Å². The van der Waals surface area contributed by atoms with Crippen LogP contribution in [0.3, 0.4) is 0 Å². The van der Waals surface area contributed by atoms with Gasteiger partial charge in [-0.2, -0.15) is 0 Å². The fraction of sp³-hybridized carbons (Fsp3) is 0. The zero-order chi connectivity index (χ0) is 10.0. The van der Waals surface area contributed by atoms with Crippen LogP contribution in [-0.4, -0.2) is 6.03 Å². The van der Waals surface area contributed by atoms with Gasteiger partial charge in [-0.15, -0.1) is 0 Å². The van der Waals surface area contributed by atoms with E-state index in [2.05, 4.69) is 0 Å². The zero-order valence-electron chi connectivity index (χ0n) is 6.50. The second-order valence-corrected chi connectivity index (χ2v) is 2.31. The molecule has 0 unspecified atom stereocenters. The number of anilines is 1. The van der Waals surface area contributed by atoms with Gasteiger partial charge < -0.3 is 5.73 Å². The molecule has 0 atom stereocenters. The van der Waals surface area contributed by atoms with Crippen LogP contribution in [0.2, 0.25) is 0 Å². The minimum atomic E-state index is -1.09. The number of nitrogens with two attached hydrogens (primary N) is 2. The topological polar surface area (TPSA) is 72.4 Å². The van der Waals surface area contributed by atoms with E-state index >= 15 is 0 Å². The lowest BCUT2D eigenvalue weighted by Crippen LogP contribution is -2.41. The summed E-state index contributed by atoms with van der Waals surface area (Å²) in [5.41, 5.74) is 4.79. The fourth-order valence-electron chi connectivity index (χ4n) is 0.762. The third-order valence-corrected chi connectivity index (χ3v) is 1.42. The number of amides is 2. The van der Waals surface area contributed by atoms with E-state index in [0.29, 0.717) is 5.01 Å². The third-order valence-electron chi connectivity index (χ3n) is 1.42. The summed E-state index contributed by atoms with van der Waals surface area (Å²) in [7, 11) is 0. The zero-order valence-corrected chi connectivity index (χ0v) is 6.50. The molecule has 1 aromatic carbocycles. The molecule has 1 rings (SSSR count). The Morgan fingerprint density at radius 3 is 2.38 bits per heavy atom. The van der Waals surface area contributed by atoms with E-state index in [1.165, 1.54) is 0 Å². The van der Waals surface area contributed by atoms with Crippen LogP contribution in [0.1, 0.15) is 0 Å². The molecule has 0 spiro atoms. The number of hydrogen-bond acceptors (Lipinski definition) is 2. The lowest BCUT2D eigenvalue weighted by Gasteiger charge is -2.13. The highest BCUT2D eigenvalue weighted by Crippen LogP contribution is 2.14. The Hall–Kier alpha value is -1.69. The average Bonchev–Trinajstić information content (AvgIpc) is 2.08. The molecule has 70 valence electrons. The van der Waals surface area contributed by atoms with Gasteiger partial charge in [-0.1, -0.05) is 0 Å². The van der Waals surface area contributed by atoms with Gasteiger partial charge in [-0.05, 0) is 12.1 Å². The number of carbonyl (C=O) groups is 1. The summed E-state index contributed by atoms with van der Waals surface area (Å²) in [6.45, 7) is 0. The smallest absolute Gasteiger partial charge is 0.333 e. The van der Waals surface area contributed by atoms with Crippen molar-refractivity contribution in [1.29, 1.82) is 0 Å². The van der Waals surface area contributed by atoms with E-state index in [1.54, 1.807) is 0 Å². The molecular formula is C7H7F2N3O. The van der Waals surface area contributed by atoms with Crippen molar-refractivity contribution in [1.82, 2.24) is 0 Å². The van der Waals surface area contributed by atoms with Gasteiger partial charge in [0.2, 0.25) is 0 Å². The van der Waals surface area contributed by atoms with Gasteiger partial charge >= 0.3 is 6.03 Å². The molecule has 0 aliphatic rings. The van der Waals surface area contributed by atoms with Crippen LogP contribution >= 0.6 is 0 Å². The van der Waals surface area contributed by atoms with Gasteiger partial charge in [0.25, 0.3) is 0 Å². The minimum absolute atomic E-state index is 0.00796. The highest BCUT2D eigenvalue weighted by molar-refractivity contribution is 5.89. The Morgan fingerprint density at radius 1 is 1.31 bits per heavy atom. The van der Waals surface area contributed by atoms with Crippen LogP contribution in [0, 0.1) is 11.6 Å². The Kier molecular flexibility index (Phi) is 2.43. The number of urea groups is 1. The van der Waals surface area contributed by atoms with Gasteiger partial charge in [-0.3, -0.25) is 0 Å². The van der Waals surface area contributed by atoms with Crippen molar-refractivity contribution in [2.75, 3.05) is 5.01 Å². The molecule has 1 aromatic rings. The number of nitrogens with zero attached hydrogens (tertiary/aromatic N) is 1. The van der Waals surface area contributed by atoms with Crippen molar-refractivity contribution >= 4 is 11.7 Å². The first-order valence-electron chi connectivity index (χ1n) is 3.31. The van der Waals surface area contributed by atoms with Crippen molar-refractivity contribution in [3.05, 3.63) is 29.8 Å². The van der Waals surface area contributed by atoms with E-state index in [4.69, 9.17) is 11.6 Å². The van der Waals surface area contributed by atoms with Crippen LogP contribution in [-0.2, 0) is 0 Å². The number of primary amides is 1. The number of hydrazine groups is 1. The fourth-order valence-corrected chi connectivity index (χ4v) is 0.762. The molecule has 13 heavy (non-hydrogen) atoms. The van der Waals surface area contributed by atoms with E-state index in [1.807, 2.05) is 0 Å². The summed E-state index contributed by atoms with van der Waals surface area (Å²) in [4.78, 5) is 10.5. The molecule has 4 nitrogen and oxygen atoms in total. The predicted octanol–water partition coefficient (Wildman–Crippen LogP) is 0.724. The van der Waals surface area contributed by atoms with Crippen molar-refractivity contribution < 1.29 is 13.6 Å². The normalized spacial score (nSPS) is 9.77. The number of rotatable bonds is 1. The second kappa shape index (κ2) is 3.36. The Labute approximate surface area is 72.7 Å². The summed E-state index contributed by atoms with van der Waals surface area (Å²) >= 11 is 0. The third kappa shape index (κ3) is 1.91. The van der Waals surface area contributed by atoms with E-state index < -0.39 is 17.7 Å². The standard InChI is InChI=1S/C7H7F2N3O/c8-5-2-1-4(3-6(5)9)12(11)7(10)13/h1-3H,11H2,(H2,10,13). The van der Waals surface area contributed by atoms with Crippen molar-refractivity contribution in [2.45, 2.75) is 0 Å². The highest BCUT2D eigenvalue weighted by Gasteiger charge is 2.09. The molecule has 0 saturated heterocycles. The molecule has 0 heterocycles. The summed E-state index contributed by atoms with van der Waals surface area (Å²) in [6, 6.07) is 1.82. The number of carbonyl (C=O) groups excluding carboxylic acids is 1. The van der Waals surface area contributed by atoms with Crippen LogP contribution in [0.5, 0.6) is 0 Å². The molecule has 0 aliphatic heterocycles. The van der Waals surface area contributed by atoms with Crippen molar-refractivity contribution in [2.24, 2.45) is 11.6 Å². The first-order valence-corrected chi connectivity index (χ1v) is 3.31. The van der Waals surface area contributed by atoms with Crippen LogP contribution in [0.15, 0.2) is 18.2 Å². The Bertz CT molecular complexity index is 343. The molecule has 0 fully saturated rings. The van der Waals surface area contributed by atoms with E-state index in [9.17, 15) is 13.6 Å². The molecule has 0 saturated carbocycles. The quantitative estimate of drug-likeness (QED) is 0.386. The van der Waals surface area contributed by atoms with Crippen LogP contribution in [0.4, 0.5) is 19.3 Å². The number of halogens is 2. The molecule has 0 aliphatic carbocycles. The first kappa shape index (κ1) is 9.40. The molecule has 0 aromatic heterocycles. The predicted molar refractivity (Wildman–Crippen MR) is 42.6 cm³/mol. The summed E-state index contributed by atoms with van der Waals surface area (Å²) in [6.07, 6.45) is 0. The SMILES string of the molecule is NC(=O)N(N)c1ccc(F)c(F)c1. The highest BCUT2D eigenvalue weighted by atomic mass is 19.2. The maximum Gasteiger partial charge on any atom is 0.333 e. The molecule has 0 radical (unpaired) electrons. The first-order chi connectivity index (χ1) is 6.02. The summed E-state index contributed by atoms with van der Waals surface area (Å²) < 4.78 is 25.0. The molecule has 2 amide bonds. The van der Waals surface area contributed by atoms with Crippen molar-refractivity contribution in [3.63, 3.8) is 0 Å². The second-order valence-electron chi connectivity index (χ2n) is 2.31. The van der Waals surface area contributed by atoms with Gasteiger partial charge in [0, 0.05) is 6.07 Å². The monoisotopic (exact) mass is 187 g/mol. The van der Waals surface area contributed by atoms with Gasteiger partial charge in [-0.25, -0.2) is 24.4 Å². The summed E-state index contributed by atoms with van der Waals surface area (Å²) in [5, 5.41) is 0.516. The number of hydrogen-bond donors (Lipinski definition) is 2. The Morgan fingerprint density at radius 2 is 1.92 bits per heavy atom. The largest absolute Gasteiger partial charge is 0.350 e. The number of benzene rings is 1. The lowest BCUT2D eigenvalue weighted by atomic mass is 10.3. The van der Waals surface area contributed by atoms with Crippen molar-refractivity contribution in [3.8, 4) is 0 Å².